The van der Waals surface area contributed by atoms with Crippen molar-refractivity contribution in [3.05, 3.63) is 23.8 Å². The molecule has 120 valence electrons. The van der Waals surface area contributed by atoms with Crippen molar-refractivity contribution in [2.45, 2.75) is 51.0 Å². The summed E-state index contributed by atoms with van der Waals surface area (Å²) in [6.45, 7) is 5.88. The van der Waals surface area contributed by atoms with E-state index in [-0.39, 0.29) is 17.4 Å². The van der Waals surface area contributed by atoms with E-state index in [1.165, 1.54) is 6.07 Å². The van der Waals surface area contributed by atoms with Gasteiger partial charge in [0.25, 0.3) is 0 Å². The fourth-order valence-corrected chi connectivity index (χ4v) is 3.78. The number of benzene rings is 1. The first-order valence-corrected chi connectivity index (χ1v) is 8.90. The summed E-state index contributed by atoms with van der Waals surface area (Å²) >= 11 is 0. The molecule has 1 rings (SSSR count). The summed E-state index contributed by atoms with van der Waals surface area (Å²) in [5, 5.41) is 10.0. The number of rotatable bonds is 8. The third kappa shape index (κ3) is 4.69. The Balaban J connectivity index is 2.90. The molecule has 5 nitrogen and oxygen atoms in total. The monoisotopic (exact) mass is 314 g/mol. The normalized spacial score (nSPS) is 13.6. The topological polar surface area (TPSA) is 92.4 Å². The van der Waals surface area contributed by atoms with E-state index < -0.39 is 16.1 Å². The number of aliphatic hydroxyl groups excluding tert-OH is 1. The molecule has 0 heterocycles. The van der Waals surface area contributed by atoms with Crippen LogP contribution in [0.3, 0.4) is 0 Å². The van der Waals surface area contributed by atoms with Gasteiger partial charge < -0.3 is 10.8 Å². The molecule has 0 fully saturated rings. The van der Waals surface area contributed by atoms with Crippen LogP contribution in [0.2, 0.25) is 0 Å². The average molecular weight is 314 g/mol. The van der Waals surface area contributed by atoms with Crippen LogP contribution in [0.5, 0.6) is 0 Å². The first-order chi connectivity index (χ1) is 9.85. The third-order valence-electron chi connectivity index (χ3n) is 3.84. The van der Waals surface area contributed by atoms with Crippen molar-refractivity contribution in [1.82, 2.24) is 4.72 Å². The molecule has 0 spiro atoms. The van der Waals surface area contributed by atoms with Crippen LogP contribution in [0, 0.1) is 5.92 Å². The summed E-state index contributed by atoms with van der Waals surface area (Å²) in [6, 6.07) is 4.88. The number of nitrogens with two attached hydrogens (primary N) is 1. The molecule has 0 bridgehead atoms. The predicted octanol–water partition coefficient (Wildman–Crippen LogP) is 1.91. The summed E-state index contributed by atoms with van der Waals surface area (Å²) < 4.78 is 27.3. The third-order valence-corrected chi connectivity index (χ3v) is 5.34. The van der Waals surface area contributed by atoms with Crippen LogP contribution in [0.25, 0.3) is 0 Å². The van der Waals surface area contributed by atoms with Crippen molar-refractivity contribution in [2.24, 2.45) is 5.92 Å². The van der Waals surface area contributed by atoms with E-state index in [0.29, 0.717) is 17.7 Å². The summed E-state index contributed by atoms with van der Waals surface area (Å²) in [4.78, 5) is 0.196. The smallest absolute Gasteiger partial charge is 0.241 e. The lowest BCUT2D eigenvalue weighted by molar-refractivity contribution is 0.107. The van der Waals surface area contributed by atoms with E-state index in [2.05, 4.69) is 4.72 Å². The van der Waals surface area contributed by atoms with Crippen LogP contribution < -0.4 is 10.5 Å². The fraction of sp³-hybridized carbons (Fsp3) is 0.600. The zero-order valence-corrected chi connectivity index (χ0v) is 13.8. The number of hydrogen-bond acceptors (Lipinski definition) is 4. The van der Waals surface area contributed by atoms with Crippen LogP contribution in [-0.4, -0.2) is 26.2 Å². The zero-order chi connectivity index (χ0) is 16.0. The largest absolute Gasteiger partial charge is 0.399 e. The van der Waals surface area contributed by atoms with E-state index in [9.17, 15) is 13.5 Å². The van der Waals surface area contributed by atoms with E-state index in [1.54, 1.807) is 12.1 Å². The van der Waals surface area contributed by atoms with E-state index in [4.69, 9.17) is 5.73 Å². The number of anilines is 1. The Labute approximate surface area is 127 Å². The molecule has 21 heavy (non-hydrogen) atoms. The van der Waals surface area contributed by atoms with Crippen LogP contribution in [0.1, 0.15) is 39.2 Å². The van der Waals surface area contributed by atoms with Gasteiger partial charge in [-0.3, -0.25) is 0 Å². The van der Waals surface area contributed by atoms with Gasteiger partial charge in [-0.05, 0) is 30.0 Å². The highest BCUT2D eigenvalue weighted by Crippen LogP contribution is 2.20. The summed E-state index contributed by atoms with van der Waals surface area (Å²) in [7, 11) is -3.66. The highest BCUT2D eigenvalue weighted by molar-refractivity contribution is 7.89. The second-order valence-corrected chi connectivity index (χ2v) is 6.95. The number of nitrogens with one attached hydrogen (secondary N) is 1. The van der Waals surface area contributed by atoms with Gasteiger partial charge in [0, 0.05) is 12.2 Å². The Morgan fingerprint density at radius 1 is 1.24 bits per heavy atom. The molecule has 0 aliphatic carbocycles. The molecule has 1 atom stereocenters. The molecule has 0 radical (unpaired) electrons. The van der Waals surface area contributed by atoms with Crippen LogP contribution in [0.15, 0.2) is 23.1 Å². The Hall–Kier alpha value is -1.11. The minimum atomic E-state index is -3.66. The number of sulfonamides is 1. The first-order valence-electron chi connectivity index (χ1n) is 7.41. The molecule has 0 saturated carbocycles. The number of aryl methyl sites for hydroxylation is 1. The Bertz CT molecular complexity index is 554. The highest BCUT2D eigenvalue weighted by atomic mass is 32.2. The Kier molecular flexibility index (Phi) is 6.64. The van der Waals surface area contributed by atoms with Gasteiger partial charge in [0.1, 0.15) is 0 Å². The van der Waals surface area contributed by atoms with E-state index in [1.807, 2.05) is 20.8 Å². The molecular weight excluding hydrogens is 288 g/mol. The second kappa shape index (κ2) is 7.77. The van der Waals surface area contributed by atoms with Crippen molar-refractivity contribution >= 4 is 15.7 Å². The molecule has 0 aromatic heterocycles. The summed E-state index contributed by atoms with van der Waals surface area (Å²) in [6.07, 6.45) is 1.56. The maximum atomic E-state index is 12.4. The maximum Gasteiger partial charge on any atom is 0.241 e. The predicted molar refractivity (Wildman–Crippen MR) is 85.5 cm³/mol. The second-order valence-electron chi connectivity index (χ2n) is 5.22. The van der Waals surface area contributed by atoms with E-state index in [0.717, 1.165) is 12.8 Å². The van der Waals surface area contributed by atoms with Gasteiger partial charge in [0.15, 0.2) is 0 Å². The highest BCUT2D eigenvalue weighted by Gasteiger charge is 2.22. The molecule has 0 aliphatic rings. The average Bonchev–Trinajstić information content (AvgIpc) is 2.46. The van der Waals surface area contributed by atoms with Crippen molar-refractivity contribution in [2.75, 3.05) is 12.3 Å². The maximum absolute atomic E-state index is 12.4. The summed E-state index contributed by atoms with van der Waals surface area (Å²) in [5.41, 5.74) is 6.81. The Morgan fingerprint density at radius 2 is 1.86 bits per heavy atom. The molecular formula is C15H26N2O3S. The lowest BCUT2D eigenvalue weighted by atomic mass is 9.97. The first kappa shape index (κ1) is 17.9. The number of hydrogen-bond donors (Lipinski definition) is 3. The Morgan fingerprint density at radius 3 is 2.38 bits per heavy atom. The lowest BCUT2D eigenvalue weighted by Crippen LogP contribution is -2.36. The van der Waals surface area contributed by atoms with Crippen molar-refractivity contribution < 1.29 is 13.5 Å². The standard InChI is InChI=1S/C15H26N2O3S/c1-4-11(5-2)14(18)10-17-21(19,20)15-9-13(16)8-7-12(15)6-3/h7-9,11,14,17-18H,4-6,10,16H2,1-3H3. The summed E-state index contributed by atoms with van der Waals surface area (Å²) in [5.74, 6) is 0.0965. The van der Waals surface area contributed by atoms with Gasteiger partial charge in [-0.15, -0.1) is 0 Å². The minimum Gasteiger partial charge on any atom is -0.399 e. The van der Waals surface area contributed by atoms with Crippen LogP contribution in [-0.2, 0) is 16.4 Å². The van der Waals surface area contributed by atoms with Gasteiger partial charge in [0.2, 0.25) is 10.0 Å². The molecule has 0 aliphatic heterocycles. The SMILES string of the molecule is CCc1ccc(N)cc1S(=O)(=O)NCC(O)C(CC)CC. The van der Waals surface area contributed by atoms with Gasteiger partial charge >= 0.3 is 0 Å². The molecule has 6 heteroatoms. The van der Waals surface area contributed by atoms with Crippen molar-refractivity contribution in [3.8, 4) is 0 Å². The van der Waals surface area contributed by atoms with Gasteiger partial charge in [-0.2, -0.15) is 0 Å². The van der Waals surface area contributed by atoms with E-state index >= 15 is 0 Å². The fourth-order valence-electron chi connectivity index (χ4n) is 2.39. The zero-order valence-electron chi connectivity index (χ0n) is 13.0. The molecule has 1 aromatic rings. The molecule has 0 saturated heterocycles. The molecule has 0 amide bonds. The molecule has 1 aromatic carbocycles. The molecule has 1 unspecified atom stereocenters. The van der Waals surface area contributed by atoms with Gasteiger partial charge in [0.05, 0.1) is 11.0 Å². The van der Waals surface area contributed by atoms with Crippen molar-refractivity contribution in [3.63, 3.8) is 0 Å². The van der Waals surface area contributed by atoms with Gasteiger partial charge in [-0.1, -0.05) is 39.7 Å². The molecule has 4 N–H and O–H groups in total. The lowest BCUT2D eigenvalue weighted by Gasteiger charge is -2.20. The quantitative estimate of drug-likeness (QED) is 0.639. The van der Waals surface area contributed by atoms with Crippen LogP contribution in [0.4, 0.5) is 5.69 Å². The van der Waals surface area contributed by atoms with Gasteiger partial charge in [-0.25, -0.2) is 13.1 Å². The van der Waals surface area contributed by atoms with Crippen LogP contribution >= 0.6 is 0 Å². The minimum absolute atomic E-state index is 0.0205. The van der Waals surface area contributed by atoms with Crippen molar-refractivity contribution in [1.29, 1.82) is 0 Å². The number of aliphatic hydroxyl groups is 1. The number of nitrogen functional groups attached to an aromatic ring is 1.